The summed E-state index contributed by atoms with van der Waals surface area (Å²) in [6.45, 7) is 5.48. The van der Waals surface area contributed by atoms with Gasteiger partial charge in [-0.05, 0) is 26.8 Å². The van der Waals surface area contributed by atoms with Crippen LogP contribution in [-0.2, 0) is 4.79 Å². The number of rotatable bonds is 3. The molecule has 1 aliphatic heterocycles. The van der Waals surface area contributed by atoms with Gasteiger partial charge in [-0.3, -0.25) is 4.79 Å². The van der Waals surface area contributed by atoms with Gasteiger partial charge in [0.05, 0.1) is 24.1 Å². The van der Waals surface area contributed by atoms with Crippen LogP contribution < -0.4 is 16.0 Å². The Morgan fingerprint density at radius 1 is 1.47 bits per heavy atom. The summed E-state index contributed by atoms with van der Waals surface area (Å²) in [5, 5.41) is 8.17. The lowest BCUT2D eigenvalue weighted by Gasteiger charge is -2.28. The molecule has 1 aliphatic rings. The van der Waals surface area contributed by atoms with Crippen LogP contribution in [0.5, 0.6) is 0 Å². The van der Waals surface area contributed by atoms with Crippen molar-refractivity contribution in [2.75, 3.05) is 0 Å². The molecule has 0 fully saturated rings. The van der Waals surface area contributed by atoms with Crippen LogP contribution in [0.4, 0.5) is 4.79 Å². The highest BCUT2D eigenvalue weighted by Gasteiger charge is 2.31. The summed E-state index contributed by atoms with van der Waals surface area (Å²) in [6.07, 6.45) is 3.03. The molecule has 6 nitrogen and oxygen atoms in total. The average Bonchev–Trinajstić information content (AvgIpc) is 2.79. The number of furan rings is 1. The predicted molar refractivity (Wildman–Crippen MR) is 69.1 cm³/mol. The van der Waals surface area contributed by atoms with Crippen LogP contribution in [0.2, 0.25) is 0 Å². The van der Waals surface area contributed by atoms with Crippen molar-refractivity contribution in [3.63, 3.8) is 0 Å². The summed E-state index contributed by atoms with van der Waals surface area (Å²) < 4.78 is 5.02. The van der Waals surface area contributed by atoms with Crippen LogP contribution in [0.1, 0.15) is 32.4 Å². The zero-order valence-corrected chi connectivity index (χ0v) is 11.1. The third-order valence-electron chi connectivity index (χ3n) is 2.81. The molecule has 1 atom stereocenters. The zero-order chi connectivity index (χ0) is 14.0. The Bertz CT molecular complexity index is 517. The summed E-state index contributed by atoms with van der Waals surface area (Å²) in [5.41, 5.74) is 1.78. The molecule has 2 rings (SSSR count). The molecule has 3 N–H and O–H groups in total. The third kappa shape index (κ3) is 2.78. The number of urea groups is 1. The van der Waals surface area contributed by atoms with Crippen LogP contribution in [-0.4, -0.2) is 18.0 Å². The van der Waals surface area contributed by atoms with Gasteiger partial charge in [0.2, 0.25) is 0 Å². The van der Waals surface area contributed by atoms with Gasteiger partial charge in [-0.1, -0.05) is 0 Å². The minimum absolute atomic E-state index is 0.0235. The number of hydrogen-bond donors (Lipinski definition) is 3. The average molecular weight is 263 g/mol. The SMILES string of the molecule is CC1=C(C(=O)NC(C)C)C(c2ccoc2)NC(=O)N1. The van der Waals surface area contributed by atoms with Gasteiger partial charge < -0.3 is 20.4 Å². The van der Waals surface area contributed by atoms with Crippen LogP contribution in [0.15, 0.2) is 34.3 Å². The normalized spacial score (nSPS) is 19.2. The number of nitrogens with one attached hydrogen (secondary N) is 3. The van der Waals surface area contributed by atoms with Crippen LogP contribution in [0.25, 0.3) is 0 Å². The van der Waals surface area contributed by atoms with Gasteiger partial charge >= 0.3 is 6.03 Å². The van der Waals surface area contributed by atoms with E-state index in [1.54, 1.807) is 13.0 Å². The van der Waals surface area contributed by atoms with Gasteiger partial charge in [-0.2, -0.15) is 0 Å². The van der Waals surface area contributed by atoms with Gasteiger partial charge in [0.25, 0.3) is 5.91 Å². The van der Waals surface area contributed by atoms with Gasteiger partial charge in [0, 0.05) is 17.3 Å². The molecular formula is C13H17N3O3. The fourth-order valence-electron chi connectivity index (χ4n) is 2.02. The van der Waals surface area contributed by atoms with Crippen LogP contribution in [0.3, 0.4) is 0 Å². The van der Waals surface area contributed by atoms with Gasteiger partial charge in [0.15, 0.2) is 0 Å². The van der Waals surface area contributed by atoms with Crippen molar-refractivity contribution in [3.8, 4) is 0 Å². The van der Waals surface area contributed by atoms with E-state index in [1.165, 1.54) is 12.5 Å². The third-order valence-corrected chi connectivity index (χ3v) is 2.81. The van der Waals surface area contributed by atoms with Crippen molar-refractivity contribution in [1.82, 2.24) is 16.0 Å². The summed E-state index contributed by atoms with van der Waals surface area (Å²) >= 11 is 0. The maximum absolute atomic E-state index is 12.2. The van der Waals surface area contributed by atoms with Crippen molar-refractivity contribution in [2.24, 2.45) is 0 Å². The van der Waals surface area contributed by atoms with E-state index in [1.807, 2.05) is 13.8 Å². The molecule has 102 valence electrons. The molecule has 2 heterocycles. The minimum atomic E-state index is -0.494. The Labute approximate surface area is 111 Å². The quantitative estimate of drug-likeness (QED) is 0.771. The summed E-state index contributed by atoms with van der Waals surface area (Å²) in [6, 6.07) is 0.929. The van der Waals surface area contributed by atoms with Gasteiger partial charge in [0.1, 0.15) is 0 Å². The highest BCUT2D eigenvalue weighted by Crippen LogP contribution is 2.26. The summed E-state index contributed by atoms with van der Waals surface area (Å²) in [5.74, 6) is -0.203. The highest BCUT2D eigenvalue weighted by molar-refractivity contribution is 5.98. The number of carbonyl (C=O) groups excluding carboxylic acids is 2. The van der Waals surface area contributed by atoms with E-state index in [0.29, 0.717) is 11.3 Å². The van der Waals surface area contributed by atoms with Crippen molar-refractivity contribution >= 4 is 11.9 Å². The van der Waals surface area contributed by atoms with E-state index < -0.39 is 6.04 Å². The van der Waals surface area contributed by atoms with Crippen molar-refractivity contribution in [2.45, 2.75) is 32.9 Å². The molecular weight excluding hydrogens is 246 g/mol. The Morgan fingerprint density at radius 3 is 2.79 bits per heavy atom. The largest absolute Gasteiger partial charge is 0.472 e. The molecule has 1 aromatic heterocycles. The Morgan fingerprint density at radius 2 is 2.21 bits per heavy atom. The topological polar surface area (TPSA) is 83.4 Å². The van der Waals surface area contributed by atoms with Crippen molar-refractivity contribution in [3.05, 3.63) is 35.4 Å². The molecule has 1 aromatic rings. The Hall–Kier alpha value is -2.24. The monoisotopic (exact) mass is 263 g/mol. The molecule has 6 heteroatoms. The molecule has 0 saturated heterocycles. The molecule has 0 radical (unpaired) electrons. The van der Waals surface area contributed by atoms with E-state index in [-0.39, 0.29) is 18.0 Å². The molecule has 0 bridgehead atoms. The molecule has 0 aliphatic carbocycles. The van der Waals surface area contributed by atoms with Gasteiger partial charge in [-0.15, -0.1) is 0 Å². The molecule has 1 unspecified atom stereocenters. The second-order valence-corrected chi connectivity index (χ2v) is 4.75. The molecule has 0 aromatic carbocycles. The number of allylic oxidation sites excluding steroid dienone is 1. The number of carbonyl (C=O) groups is 2. The lowest BCUT2D eigenvalue weighted by Crippen LogP contribution is -2.47. The summed E-state index contributed by atoms with van der Waals surface area (Å²) in [4.78, 5) is 23.8. The first kappa shape index (κ1) is 13.2. The molecule has 0 spiro atoms. The van der Waals surface area contributed by atoms with E-state index in [4.69, 9.17) is 4.42 Å². The van der Waals surface area contributed by atoms with Gasteiger partial charge in [-0.25, -0.2) is 4.79 Å². The Kier molecular flexibility index (Phi) is 3.59. The Balaban J connectivity index is 2.36. The zero-order valence-electron chi connectivity index (χ0n) is 11.1. The van der Waals surface area contributed by atoms with E-state index in [0.717, 1.165) is 5.56 Å². The fourth-order valence-corrected chi connectivity index (χ4v) is 2.02. The molecule has 3 amide bonds. The smallest absolute Gasteiger partial charge is 0.319 e. The molecule has 19 heavy (non-hydrogen) atoms. The maximum Gasteiger partial charge on any atom is 0.319 e. The van der Waals surface area contributed by atoms with E-state index in [2.05, 4.69) is 16.0 Å². The molecule has 0 saturated carbocycles. The van der Waals surface area contributed by atoms with E-state index >= 15 is 0 Å². The first-order valence-electron chi connectivity index (χ1n) is 6.10. The minimum Gasteiger partial charge on any atom is -0.472 e. The van der Waals surface area contributed by atoms with Crippen LogP contribution in [0, 0.1) is 0 Å². The van der Waals surface area contributed by atoms with Crippen molar-refractivity contribution < 1.29 is 14.0 Å². The number of amides is 3. The van der Waals surface area contributed by atoms with Crippen LogP contribution >= 0.6 is 0 Å². The lowest BCUT2D eigenvalue weighted by molar-refractivity contribution is -0.118. The lowest BCUT2D eigenvalue weighted by atomic mass is 9.97. The fraction of sp³-hybridized carbons (Fsp3) is 0.385. The van der Waals surface area contributed by atoms with Crippen molar-refractivity contribution in [1.29, 1.82) is 0 Å². The number of hydrogen-bond acceptors (Lipinski definition) is 3. The maximum atomic E-state index is 12.2. The standard InChI is InChI=1S/C13H17N3O3/c1-7(2)14-12(17)10-8(3)15-13(18)16-11(10)9-4-5-19-6-9/h4-7,11H,1-3H3,(H,14,17)(H2,15,16,18). The summed E-state index contributed by atoms with van der Waals surface area (Å²) in [7, 11) is 0. The first-order chi connectivity index (χ1) is 8.99. The highest BCUT2D eigenvalue weighted by atomic mass is 16.3. The second-order valence-electron chi connectivity index (χ2n) is 4.75. The second kappa shape index (κ2) is 5.17. The predicted octanol–water partition coefficient (Wildman–Crippen LogP) is 1.43. The first-order valence-corrected chi connectivity index (χ1v) is 6.10. The van der Waals surface area contributed by atoms with E-state index in [9.17, 15) is 9.59 Å².